The number of imidazole rings is 1. The summed E-state index contributed by atoms with van der Waals surface area (Å²) in [4.78, 5) is 14.1. The van der Waals surface area contributed by atoms with E-state index < -0.39 is 0 Å². The molecular formula is C12H15N3O2S. The zero-order chi connectivity index (χ0) is 13.3. The van der Waals surface area contributed by atoms with Gasteiger partial charge in [0.05, 0.1) is 18.1 Å². The van der Waals surface area contributed by atoms with Gasteiger partial charge in [0, 0.05) is 18.5 Å². The van der Waals surface area contributed by atoms with Gasteiger partial charge < -0.3 is 20.0 Å². The highest BCUT2D eigenvalue weighted by atomic mass is 32.1. The van der Waals surface area contributed by atoms with Crippen LogP contribution in [0.2, 0.25) is 0 Å². The van der Waals surface area contributed by atoms with Gasteiger partial charge in [-0.3, -0.25) is 4.79 Å². The van der Waals surface area contributed by atoms with E-state index >= 15 is 0 Å². The first-order valence-corrected chi connectivity index (χ1v) is 6.00. The summed E-state index contributed by atoms with van der Waals surface area (Å²) in [6.45, 7) is 1.91. The van der Waals surface area contributed by atoms with E-state index in [4.69, 9.17) is 22.7 Å². The number of hydrogen-bond acceptors (Lipinski definition) is 3. The predicted octanol–water partition coefficient (Wildman–Crippen LogP) is 2.14. The van der Waals surface area contributed by atoms with Crippen molar-refractivity contribution in [2.75, 3.05) is 7.11 Å². The van der Waals surface area contributed by atoms with Crippen LogP contribution in [0.5, 0.6) is 5.75 Å². The third kappa shape index (κ3) is 2.24. The number of ether oxygens (including phenoxy) is 1. The molecule has 0 aliphatic heterocycles. The third-order valence-electron chi connectivity index (χ3n) is 2.86. The summed E-state index contributed by atoms with van der Waals surface area (Å²) >= 11 is 5.28. The average Bonchev–Trinajstić information content (AvgIpc) is 2.62. The molecule has 3 N–H and O–H groups in total. The molecular weight excluding hydrogens is 250 g/mol. The van der Waals surface area contributed by atoms with Gasteiger partial charge in [0.15, 0.2) is 4.77 Å². The summed E-state index contributed by atoms with van der Waals surface area (Å²) in [7, 11) is 1.61. The summed E-state index contributed by atoms with van der Waals surface area (Å²) < 4.78 is 7.63. The Morgan fingerprint density at radius 1 is 1.61 bits per heavy atom. The number of amides is 1. The van der Waals surface area contributed by atoms with Gasteiger partial charge in [-0.05, 0) is 31.3 Å². The number of carbonyl (C=O) groups excluding carboxylic acids is 1. The molecule has 6 heteroatoms. The van der Waals surface area contributed by atoms with E-state index in [1.807, 2.05) is 29.7 Å². The molecule has 0 radical (unpaired) electrons. The van der Waals surface area contributed by atoms with Crippen molar-refractivity contribution in [1.29, 1.82) is 0 Å². The Kier molecular flexibility index (Phi) is 3.38. The molecule has 1 heterocycles. The minimum atomic E-state index is -0.340. The fourth-order valence-corrected chi connectivity index (χ4v) is 2.45. The molecule has 96 valence electrons. The van der Waals surface area contributed by atoms with Gasteiger partial charge in [0.25, 0.3) is 0 Å². The number of H-pyrrole nitrogens is 1. The van der Waals surface area contributed by atoms with Crippen molar-refractivity contribution in [2.45, 2.75) is 19.4 Å². The highest BCUT2D eigenvalue weighted by Gasteiger charge is 2.13. The van der Waals surface area contributed by atoms with Crippen LogP contribution in [0.4, 0.5) is 0 Å². The maximum Gasteiger partial charge on any atom is 0.219 e. The lowest BCUT2D eigenvalue weighted by Crippen LogP contribution is -2.17. The zero-order valence-corrected chi connectivity index (χ0v) is 11.1. The lowest BCUT2D eigenvalue weighted by Gasteiger charge is -2.12. The number of nitrogens with two attached hydrogens (primary N) is 1. The average molecular weight is 265 g/mol. The second kappa shape index (κ2) is 4.81. The zero-order valence-electron chi connectivity index (χ0n) is 10.3. The van der Waals surface area contributed by atoms with Crippen LogP contribution in [0.25, 0.3) is 11.0 Å². The van der Waals surface area contributed by atoms with Gasteiger partial charge in [-0.25, -0.2) is 0 Å². The Labute approximate surface area is 110 Å². The second-order valence-corrected chi connectivity index (χ2v) is 4.59. The lowest BCUT2D eigenvalue weighted by atomic mass is 10.2. The molecule has 1 unspecified atom stereocenters. The van der Waals surface area contributed by atoms with Gasteiger partial charge in [-0.15, -0.1) is 0 Å². The number of hydrogen-bond donors (Lipinski definition) is 2. The van der Waals surface area contributed by atoms with Gasteiger partial charge in [-0.1, -0.05) is 0 Å². The molecule has 18 heavy (non-hydrogen) atoms. The standard InChI is InChI=1S/C12H15N3O2S/c1-7(5-11(13)16)15-10-4-3-8(17-2)6-9(10)14-12(15)18/h3-4,6-7H,5H2,1-2H3,(H2,13,16)(H,14,18). The molecule has 0 bridgehead atoms. The monoisotopic (exact) mass is 265 g/mol. The second-order valence-electron chi connectivity index (χ2n) is 4.20. The van der Waals surface area contributed by atoms with Crippen LogP contribution in [0.3, 0.4) is 0 Å². The minimum absolute atomic E-state index is 0.0721. The number of methoxy groups -OCH3 is 1. The quantitative estimate of drug-likeness (QED) is 0.832. The largest absolute Gasteiger partial charge is 0.497 e. The number of nitrogens with zero attached hydrogens (tertiary/aromatic N) is 1. The molecule has 1 amide bonds. The van der Waals surface area contributed by atoms with E-state index in [1.165, 1.54) is 0 Å². The first-order valence-electron chi connectivity index (χ1n) is 5.59. The number of nitrogens with one attached hydrogen (secondary N) is 1. The summed E-state index contributed by atoms with van der Waals surface area (Å²) in [5.74, 6) is 0.417. The summed E-state index contributed by atoms with van der Waals surface area (Å²) in [6, 6.07) is 5.58. The molecule has 5 nitrogen and oxygen atoms in total. The molecule has 1 atom stereocenters. The van der Waals surface area contributed by atoms with Gasteiger partial charge >= 0.3 is 0 Å². The number of fused-ring (bicyclic) bond motifs is 1. The fraction of sp³-hybridized carbons (Fsp3) is 0.333. The first-order chi connectivity index (χ1) is 8.52. The van der Waals surface area contributed by atoms with Crippen molar-refractivity contribution in [3.8, 4) is 5.75 Å². The number of carbonyl (C=O) groups is 1. The highest BCUT2D eigenvalue weighted by Crippen LogP contribution is 2.24. The van der Waals surface area contributed by atoms with Crippen LogP contribution < -0.4 is 10.5 Å². The topological polar surface area (TPSA) is 73.0 Å². The molecule has 0 aliphatic carbocycles. The Morgan fingerprint density at radius 3 is 2.94 bits per heavy atom. The Bertz CT molecular complexity index is 644. The molecule has 1 aromatic heterocycles. The van der Waals surface area contributed by atoms with Crippen molar-refractivity contribution in [2.24, 2.45) is 5.73 Å². The van der Waals surface area contributed by atoms with E-state index in [0.717, 1.165) is 16.8 Å². The van der Waals surface area contributed by atoms with E-state index in [1.54, 1.807) is 7.11 Å². The first kappa shape index (κ1) is 12.6. The maximum absolute atomic E-state index is 11.0. The van der Waals surface area contributed by atoms with E-state index in [9.17, 15) is 4.79 Å². The molecule has 0 spiro atoms. The number of primary amides is 1. The van der Waals surface area contributed by atoms with Crippen molar-refractivity contribution in [1.82, 2.24) is 9.55 Å². The normalized spacial score (nSPS) is 12.6. The van der Waals surface area contributed by atoms with Crippen molar-refractivity contribution >= 4 is 29.2 Å². The highest BCUT2D eigenvalue weighted by molar-refractivity contribution is 7.71. The van der Waals surface area contributed by atoms with Crippen molar-refractivity contribution in [3.63, 3.8) is 0 Å². The molecule has 1 aromatic carbocycles. The minimum Gasteiger partial charge on any atom is -0.497 e. The molecule has 2 rings (SSSR count). The predicted molar refractivity (Wildman–Crippen MR) is 72.2 cm³/mol. The third-order valence-corrected chi connectivity index (χ3v) is 3.16. The van der Waals surface area contributed by atoms with Crippen molar-refractivity contribution < 1.29 is 9.53 Å². The van der Waals surface area contributed by atoms with Crippen LogP contribution in [0.15, 0.2) is 18.2 Å². The number of aromatic amines is 1. The van der Waals surface area contributed by atoms with Gasteiger partial charge in [0.2, 0.25) is 5.91 Å². The summed E-state index contributed by atoms with van der Waals surface area (Å²) in [5, 5.41) is 0. The van der Waals surface area contributed by atoms with Crippen LogP contribution in [-0.4, -0.2) is 22.6 Å². The van der Waals surface area contributed by atoms with Crippen LogP contribution in [-0.2, 0) is 4.79 Å². The Hall–Kier alpha value is -1.82. The molecule has 0 saturated carbocycles. The SMILES string of the molecule is COc1ccc2c(c1)[nH]c(=S)n2C(C)CC(N)=O. The molecule has 0 fully saturated rings. The number of rotatable bonds is 4. The molecule has 0 aliphatic rings. The van der Waals surface area contributed by atoms with Crippen molar-refractivity contribution in [3.05, 3.63) is 23.0 Å². The molecule has 0 saturated heterocycles. The fourth-order valence-electron chi connectivity index (χ4n) is 2.06. The van der Waals surface area contributed by atoms with E-state index in [0.29, 0.717) is 4.77 Å². The van der Waals surface area contributed by atoms with Crippen LogP contribution in [0, 0.1) is 4.77 Å². The lowest BCUT2D eigenvalue weighted by molar-refractivity contribution is -0.118. The molecule has 2 aromatic rings. The number of benzene rings is 1. The summed E-state index contributed by atoms with van der Waals surface area (Å²) in [5.41, 5.74) is 7.05. The summed E-state index contributed by atoms with van der Waals surface area (Å²) in [6.07, 6.45) is 0.257. The Morgan fingerprint density at radius 2 is 2.33 bits per heavy atom. The van der Waals surface area contributed by atoms with E-state index in [-0.39, 0.29) is 18.4 Å². The maximum atomic E-state index is 11.0. The van der Waals surface area contributed by atoms with Gasteiger partial charge in [0.1, 0.15) is 5.75 Å². The van der Waals surface area contributed by atoms with Crippen LogP contribution in [0.1, 0.15) is 19.4 Å². The van der Waals surface area contributed by atoms with Gasteiger partial charge in [-0.2, -0.15) is 0 Å². The van der Waals surface area contributed by atoms with E-state index in [2.05, 4.69) is 4.98 Å². The smallest absolute Gasteiger partial charge is 0.219 e. The van der Waals surface area contributed by atoms with Crippen LogP contribution >= 0.6 is 12.2 Å². The number of aromatic nitrogens is 2. The Balaban J connectivity index is 2.54.